The fourth-order valence-electron chi connectivity index (χ4n) is 10.3. The van der Waals surface area contributed by atoms with Gasteiger partial charge in [0.05, 0.1) is 11.6 Å². The lowest BCUT2D eigenvalue weighted by molar-refractivity contribution is -0.0399. The third-order valence-electron chi connectivity index (χ3n) is 12.0. The third-order valence-corrected chi connectivity index (χ3v) is 12.0. The van der Waals surface area contributed by atoms with Gasteiger partial charge in [0.2, 0.25) is 0 Å². The van der Waals surface area contributed by atoms with Crippen LogP contribution in [0.15, 0.2) is 121 Å². The molecular formula is C44H34N4. The normalized spacial score (nSPS) is 24.3. The van der Waals surface area contributed by atoms with Crippen molar-refractivity contribution < 1.29 is 0 Å². The van der Waals surface area contributed by atoms with E-state index in [1.54, 1.807) is 0 Å². The summed E-state index contributed by atoms with van der Waals surface area (Å²) in [5.41, 5.74) is 11.8. The third kappa shape index (κ3) is 4.04. The minimum Gasteiger partial charge on any atom is -0.208 e. The molecule has 5 aromatic carbocycles. The smallest absolute Gasteiger partial charge is 0.164 e. The van der Waals surface area contributed by atoms with Gasteiger partial charge in [0, 0.05) is 22.1 Å². The van der Waals surface area contributed by atoms with Crippen LogP contribution in [0.1, 0.15) is 48.8 Å². The Bertz CT molecular complexity index is 2160. The van der Waals surface area contributed by atoms with Gasteiger partial charge in [0.15, 0.2) is 17.5 Å². The minimum absolute atomic E-state index is 0.00570. The van der Waals surface area contributed by atoms with Crippen molar-refractivity contribution >= 4 is 0 Å². The molecule has 6 aromatic rings. The maximum Gasteiger partial charge on any atom is 0.164 e. The average molecular weight is 619 g/mol. The van der Waals surface area contributed by atoms with Gasteiger partial charge in [-0.3, -0.25) is 0 Å². The molecule has 5 aliphatic carbocycles. The second kappa shape index (κ2) is 10.6. The molecular weight excluding hydrogens is 585 g/mol. The van der Waals surface area contributed by atoms with E-state index in [4.69, 9.17) is 15.0 Å². The molecule has 11 rings (SSSR count). The molecule has 0 amide bonds. The van der Waals surface area contributed by atoms with Gasteiger partial charge in [0.25, 0.3) is 0 Å². The summed E-state index contributed by atoms with van der Waals surface area (Å²) < 4.78 is 0. The Hall–Kier alpha value is -5.40. The molecule has 1 spiro atoms. The summed E-state index contributed by atoms with van der Waals surface area (Å²) in [7, 11) is 0. The van der Waals surface area contributed by atoms with Crippen LogP contribution in [0.2, 0.25) is 0 Å². The number of aromatic nitrogens is 3. The standard InChI is InChI=1S/C44H34N4/c45-26-27-14-16-30(17-15-27)36-12-7-13-38-40(36)37-19-18-33(25-39(37)44(38)34-21-28-20-29(23-34)24-35(44)22-28)43-47-41(31-8-3-1-4-9-31)46-42(48-43)32-10-5-2-6-11-32/h1-19,25,28-29,34-35H,20-24H2. The van der Waals surface area contributed by atoms with Crippen molar-refractivity contribution in [3.8, 4) is 62.5 Å². The van der Waals surface area contributed by atoms with E-state index in [0.29, 0.717) is 34.9 Å². The molecule has 230 valence electrons. The first-order valence-electron chi connectivity index (χ1n) is 17.3. The van der Waals surface area contributed by atoms with Gasteiger partial charge in [-0.25, -0.2) is 15.0 Å². The lowest BCUT2D eigenvalue weighted by Crippen LogP contribution is -2.55. The summed E-state index contributed by atoms with van der Waals surface area (Å²) in [4.78, 5) is 15.2. The number of rotatable bonds is 4. The van der Waals surface area contributed by atoms with Gasteiger partial charge in [-0.05, 0) is 107 Å². The Morgan fingerprint density at radius 1 is 0.500 bits per heavy atom. The number of benzene rings is 5. The lowest BCUT2D eigenvalue weighted by Gasteiger charge is -2.61. The summed E-state index contributed by atoms with van der Waals surface area (Å²) in [6.45, 7) is 0. The van der Waals surface area contributed by atoms with Crippen LogP contribution >= 0.6 is 0 Å². The number of hydrogen-bond donors (Lipinski definition) is 0. The lowest BCUT2D eigenvalue weighted by atomic mass is 9.43. The molecule has 1 heterocycles. The van der Waals surface area contributed by atoms with Crippen LogP contribution in [0.25, 0.3) is 56.4 Å². The van der Waals surface area contributed by atoms with Crippen LogP contribution in [0.5, 0.6) is 0 Å². The van der Waals surface area contributed by atoms with Gasteiger partial charge >= 0.3 is 0 Å². The second-order valence-corrected chi connectivity index (χ2v) is 14.4. The van der Waals surface area contributed by atoms with Gasteiger partial charge in [-0.1, -0.05) is 103 Å². The molecule has 0 saturated heterocycles. The van der Waals surface area contributed by atoms with E-state index in [1.807, 2.05) is 48.5 Å². The number of nitrogens with zero attached hydrogens (tertiary/aromatic N) is 4. The van der Waals surface area contributed by atoms with Crippen LogP contribution in [0.3, 0.4) is 0 Å². The van der Waals surface area contributed by atoms with Gasteiger partial charge < -0.3 is 0 Å². The largest absolute Gasteiger partial charge is 0.208 e. The molecule has 0 atom stereocenters. The van der Waals surface area contributed by atoms with E-state index in [-0.39, 0.29) is 5.41 Å². The Morgan fingerprint density at radius 2 is 1.06 bits per heavy atom. The maximum atomic E-state index is 9.49. The molecule has 5 aliphatic rings. The highest BCUT2D eigenvalue weighted by molar-refractivity contribution is 5.94. The zero-order valence-corrected chi connectivity index (χ0v) is 26.7. The Kier molecular flexibility index (Phi) is 6.09. The first-order valence-corrected chi connectivity index (χ1v) is 17.3. The molecule has 4 saturated carbocycles. The number of hydrogen-bond acceptors (Lipinski definition) is 4. The topological polar surface area (TPSA) is 62.5 Å². The molecule has 4 bridgehead atoms. The van der Waals surface area contributed by atoms with Crippen LogP contribution in [0.4, 0.5) is 0 Å². The van der Waals surface area contributed by atoms with Crippen molar-refractivity contribution in [2.24, 2.45) is 23.7 Å². The van der Waals surface area contributed by atoms with Gasteiger partial charge in [-0.15, -0.1) is 0 Å². The van der Waals surface area contributed by atoms with E-state index in [0.717, 1.165) is 28.5 Å². The highest BCUT2D eigenvalue weighted by Gasteiger charge is 2.61. The molecule has 48 heavy (non-hydrogen) atoms. The Labute approximate surface area is 281 Å². The minimum atomic E-state index is -0.00570. The molecule has 0 unspecified atom stereocenters. The summed E-state index contributed by atoms with van der Waals surface area (Å²) in [6, 6.07) is 44.9. The summed E-state index contributed by atoms with van der Waals surface area (Å²) in [6.07, 6.45) is 6.70. The number of nitriles is 1. The van der Waals surface area contributed by atoms with Crippen molar-refractivity contribution in [2.45, 2.75) is 37.5 Å². The van der Waals surface area contributed by atoms with Gasteiger partial charge in [-0.2, -0.15) is 5.26 Å². The Balaban J connectivity index is 1.20. The summed E-state index contributed by atoms with van der Waals surface area (Å²) >= 11 is 0. The highest BCUT2D eigenvalue weighted by Crippen LogP contribution is 2.70. The SMILES string of the molecule is N#Cc1ccc(-c2cccc3c2-c2ccc(-c4nc(-c5ccccc5)nc(-c5ccccc5)n4)cc2C32C3CC4CC(C3)CC2C4)cc1. The van der Waals surface area contributed by atoms with Crippen molar-refractivity contribution in [2.75, 3.05) is 0 Å². The van der Waals surface area contributed by atoms with Crippen molar-refractivity contribution in [1.82, 2.24) is 15.0 Å². The van der Waals surface area contributed by atoms with E-state index in [9.17, 15) is 5.26 Å². The Morgan fingerprint density at radius 3 is 1.65 bits per heavy atom. The molecule has 0 radical (unpaired) electrons. The highest BCUT2D eigenvalue weighted by atomic mass is 15.0. The monoisotopic (exact) mass is 618 g/mol. The summed E-state index contributed by atoms with van der Waals surface area (Å²) in [5, 5.41) is 9.49. The second-order valence-electron chi connectivity index (χ2n) is 14.4. The molecule has 4 nitrogen and oxygen atoms in total. The van der Waals surface area contributed by atoms with Crippen molar-refractivity contribution in [1.29, 1.82) is 5.26 Å². The van der Waals surface area contributed by atoms with Crippen LogP contribution in [-0.2, 0) is 5.41 Å². The predicted octanol–water partition coefficient (Wildman–Crippen LogP) is 10.1. The number of fused-ring (bicyclic) bond motifs is 3. The van der Waals surface area contributed by atoms with Crippen LogP contribution in [0, 0.1) is 35.0 Å². The zero-order valence-electron chi connectivity index (χ0n) is 26.7. The molecule has 1 aromatic heterocycles. The van der Waals surface area contributed by atoms with Crippen LogP contribution < -0.4 is 0 Å². The molecule has 4 fully saturated rings. The quantitative estimate of drug-likeness (QED) is 0.197. The molecule has 0 aliphatic heterocycles. The van der Waals surface area contributed by atoms with E-state index < -0.39 is 0 Å². The van der Waals surface area contributed by atoms with Crippen molar-refractivity contribution in [3.63, 3.8) is 0 Å². The van der Waals surface area contributed by atoms with Crippen molar-refractivity contribution in [3.05, 3.63) is 138 Å². The molecule has 0 N–H and O–H groups in total. The average Bonchev–Trinajstić information content (AvgIpc) is 3.44. The van der Waals surface area contributed by atoms with E-state index in [2.05, 4.69) is 78.9 Å². The van der Waals surface area contributed by atoms with Gasteiger partial charge in [0.1, 0.15) is 0 Å². The van der Waals surface area contributed by atoms with E-state index >= 15 is 0 Å². The fraction of sp³-hybridized carbons (Fsp3) is 0.227. The molecule has 4 heteroatoms. The van der Waals surface area contributed by atoms with Crippen LogP contribution in [-0.4, -0.2) is 15.0 Å². The fourth-order valence-corrected chi connectivity index (χ4v) is 10.3. The predicted molar refractivity (Wildman–Crippen MR) is 190 cm³/mol. The zero-order chi connectivity index (χ0) is 31.8. The summed E-state index contributed by atoms with van der Waals surface area (Å²) in [5.74, 6) is 5.09. The first-order chi connectivity index (χ1) is 23.7. The van der Waals surface area contributed by atoms with E-state index in [1.165, 1.54) is 65.5 Å². The maximum absolute atomic E-state index is 9.49. The first kappa shape index (κ1) is 27.7.